The summed E-state index contributed by atoms with van der Waals surface area (Å²) in [6.07, 6.45) is 0. The molecule has 8 heteroatoms. The van der Waals surface area contributed by atoms with Crippen LogP contribution in [0.25, 0.3) is 0 Å². The molecule has 27 heavy (non-hydrogen) atoms. The zero-order valence-corrected chi connectivity index (χ0v) is 16.2. The van der Waals surface area contributed by atoms with Gasteiger partial charge in [-0.1, -0.05) is 12.1 Å². The maximum absolute atomic E-state index is 12.6. The fourth-order valence-corrected chi connectivity index (χ4v) is 3.67. The van der Waals surface area contributed by atoms with E-state index in [9.17, 15) is 18.0 Å². The second-order valence-corrected chi connectivity index (χ2v) is 7.61. The molecule has 0 saturated carbocycles. The lowest BCUT2D eigenvalue weighted by atomic mass is 10.1. The fraction of sp³-hybridized carbons (Fsp3) is 0.263. The number of benzene rings is 2. The van der Waals surface area contributed by atoms with E-state index < -0.39 is 22.0 Å². The van der Waals surface area contributed by atoms with Crippen LogP contribution in [0.1, 0.15) is 42.7 Å². The second kappa shape index (κ2) is 8.79. The van der Waals surface area contributed by atoms with Gasteiger partial charge in [-0.15, -0.1) is 0 Å². The number of sulfonamides is 1. The number of anilines is 1. The Morgan fingerprint density at radius 3 is 2.37 bits per heavy atom. The van der Waals surface area contributed by atoms with E-state index >= 15 is 0 Å². The molecule has 0 spiro atoms. The summed E-state index contributed by atoms with van der Waals surface area (Å²) >= 11 is 0. The molecule has 0 saturated heterocycles. The Bertz CT molecular complexity index is 923. The Balaban J connectivity index is 2.15. The summed E-state index contributed by atoms with van der Waals surface area (Å²) in [5.74, 6) is -0.709. The van der Waals surface area contributed by atoms with Crippen LogP contribution in [0.4, 0.5) is 5.69 Å². The molecule has 0 aliphatic rings. The van der Waals surface area contributed by atoms with E-state index in [1.54, 1.807) is 38.1 Å². The lowest BCUT2D eigenvalue weighted by Gasteiger charge is -2.16. The van der Waals surface area contributed by atoms with Crippen LogP contribution in [0.5, 0.6) is 0 Å². The first-order valence-electron chi connectivity index (χ1n) is 8.40. The van der Waals surface area contributed by atoms with Crippen LogP contribution in [0.3, 0.4) is 0 Å². The zero-order chi connectivity index (χ0) is 20.0. The number of hydrogen-bond donors (Lipinski definition) is 2. The highest BCUT2D eigenvalue weighted by Gasteiger charge is 2.19. The SMILES string of the molecule is CCOC(=O)c1ccc(S(=O)(=O)NC(C)c2cccc(NC(C)=O)c2)cc1. The monoisotopic (exact) mass is 390 g/mol. The summed E-state index contributed by atoms with van der Waals surface area (Å²) in [4.78, 5) is 22.9. The standard InChI is InChI=1S/C19H22N2O5S/c1-4-26-19(23)15-8-10-18(11-9-15)27(24,25)21-13(2)16-6-5-7-17(12-16)20-14(3)22/h5-13,21H,4H2,1-3H3,(H,20,22). The third kappa shape index (κ3) is 5.63. The van der Waals surface area contributed by atoms with E-state index in [-0.39, 0.29) is 23.0 Å². The van der Waals surface area contributed by atoms with Gasteiger partial charge in [-0.2, -0.15) is 0 Å². The molecule has 1 atom stereocenters. The Hall–Kier alpha value is -2.71. The normalized spacial score (nSPS) is 12.3. The van der Waals surface area contributed by atoms with Gasteiger partial charge in [0.25, 0.3) is 0 Å². The first-order chi connectivity index (χ1) is 12.7. The Labute approximate surface area is 158 Å². The predicted octanol–water partition coefficient (Wildman–Crippen LogP) is 2.86. The van der Waals surface area contributed by atoms with Crippen LogP contribution in [0.15, 0.2) is 53.4 Å². The fourth-order valence-electron chi connectivity index (χ4n) is 2.44. The van der Waals surface area contributed by atoms with Crippen molar-refractivity contribution < 1.29 is 22.7 Å². The molecule has 2 rings (SSSR count). The van der Waals surface area contributed by atoms with Crippen molar-refractivity contribution in [1.82, 2.24) is 4.72 Å². The van der Waals surface area contributed by atoms with Gasteiger partial charge in [0.15, 0.2) is 0 Å². The van der Waals surface area contributed by atoms with Crippen molar-refractivity contribution in [2.75, 3.05) is 11.9 Å². The van der Waals surface area contributed by atoms with Gasteiger partial charge >= 0.3 is 5.97 Å². The van der Waals surface area contributed by atoms with Gasteiger partial charge in [-0.3, -0.25) is 4.79 Å². The van der Waals surface area contributed by atoms with Crippen LogP contribution in [-0.2, 0) is 19.6 Å². The number of amides is 1. The molecule has 0 aliphatic heterocycles. The molecule has 7 nitrogen and oxygen atoms in total. The summed E-state index contributed by atoms with van der Waals surface area (Å²) in [6.45, 7) is 5.05. The maximum atomic E-state index is 12.6. The molecule has 0 heterocycles. The van der Waals surface area contributed by atoms with Crippen molar-refractivity contribution in [3.63, 3.8) is 0 Å². The summed E-state index contributed by atoms with van der Waals surface area (Å²) in [6, 6.07) is 11.9. The first kappa shape index (κ1) is 20.6. The predicted molar refractivity (Wildman–Crippen MR) is 102 cm³/mol. The Kier molecular flexibility index (Phi) is 6.70. The van der Waals surface area contributed by atoms with Crippen LogP contribution in [0.2, 0.25) is 0 Å². The van der Waals surface area contributed by atoms with E-state index in [1.165, 1.54) is 31.2 Å². The maximum Gasteiger partial charge on any atom is 0.338 e. The van der Waals surface area contributed by atoms with Crippen LogP contribution >= 0.6 is 0 Å². The molecule has 0 bridgehead atoms. The molecular weight excluding hydrogens is 368 g/mol. The van der Waals surface area contributed by atoms with Gasteiger partial charge in [-0.05, 0) is 55.8 Å². The minimum absolute atomic E-state index is 0.0421. The van der Waals surface area contributed by atoms with Gasteiger partial charge in [0.2, 0.25) is 15.9 Å². The van der Waals surface area contributed by atoms with Crippen LogP contribution < -0.4 is 10.0 Å². The molecule has 0 fully saturated rings. The van der Waals surface area contributed by atoms with E-state index in [1.807, 2.05) is 0 Å². The quantitative estimate of drug-likeness (QED) is 0.708. The number of esters is 1. The van der Waals surface area contributed by atoms with Crippen molar-refractivity contribution in [2.24, 2.45) is 0 Å². The van der Waals surface area contributed by atoms with E-state index in [2.05, 4.69) is 10.0 Å². The van der Waals surface area contributed by atoms with E-state index in [4.69, 9.17) is 4.74 Å². The second-order valence-electron chi connectivity index (χ2n) is 5.89. The topological polar surface area (TPSA) is 102 Å². The van der Waals surface area contributed by atoms with Crippen molar-refractivity contribution in [2.45, 2.75) is 31.7 Å². The average Bonchev–Trinajstić information content (AvgIpc) is 2.61. The van der Waals surface area contributed by atoms with Gasteiger partial charge in [0, 0.05) is 18.7 Å². The molecule has 1 unspecified atom stereocenters. The average molecular weight is 390 g/mol. The molecule has 2 N–H and O–H groups in total. The molecule has 0 aromatic heterocycles. The summed E-state index contributed by atoms with van der Waals surface area (Å²) < 4.78 is 32.6. The number of hydrogen-bond acceptors (Lipinski definition) is 5. The largest absolute Gasteiger partial charge is 0.462 e. The van der Waals surface area contributed by atoms with Crippen molar-refractivity contribution in [1.29, 1.82) is 0 Å². The number of nitrogens with one attached hydrogen (secondary N) is 2. The van der Waals surface area contributed by atoms with Crippen molar-refractivity contribution >= 4 is 27.6 Å². The lowest BCUT2D eigenvalue weighted by molar-refractivity contribution is -0.114. The van der Waals surface area contributed by atoms with E-state index in [0.717, 1.165) is 0 Å². The van der Waals surface area contributed by atoms with E-state index in [0.29, 0.717) is 11.3 Å². The molecule has 2 aromatic rings. The van der Waals surface area contributed by atoms with Crippen LogP contribution in [0, 0.1) is 0 Å². The highest BCUT2D eigenvalue weighted by Crippen LogP contribution is 2.20. The number of rotatable bonds is 7. The Morgan fingerprint density at radius 2 is 1.78 bits per heavy atom. The van der Waals surface area contributed by atoms with Gasteiger partial charge in [0.1, 0.15) is 0 Å². The molecular formula is C19H22N2O5S. The minimum Gasteiger partial charge on any atom is -0.462 e. The summed E-state index contributed by atoms with van der Waals surface area (Å²) in [7, 11) is -3.79. The first-order valence-corrected chi connectivity index (χ1v) is 9.88. The van der Waals surface area contributed by atoms with Crippen LogP contribution in [-0.4, -0.2) is 26.9 Å². The minimum atomic E-state index is -3.79. The van der Waals surface area contributed by atoms with Gasteiger partial charge in [0.05, 0.1) is 17.1 Å². The lowest BCUT2D eigenvalue weighted by Crippen LogP contribution is -2.27. The highest BCUT2D eigenvalue weighted by molar-refractivity contribution is 7.89. The zero-order valence-electron chi connectivity index (χ0n) is 15.4. The Morgan fingerprint density at radius 1 is 1.11 bits per heavy atom. The molecule has 2 aromatic carbocycles. The number of ether oxygens (including phenoxy) is 1. The third-order valence-electron chi connectivity index (χ3n) is 3.71. The summed E-state index contributed by atoms with van der Waals surface area (Å²) in [5.41, 5.74) is 1.57. The molecule has 0 aliphatic carbocycles. The van der Waals surface area contributed by atoms with Gasteiger partial charge < -0.3 is 10.1 Å². The molecule has 0 radical (unpaired) electrons. The van der Waals surface area contributed by atoms with Gasteiger partial charge in [-0.25, -0.2) is 17.9 Å². The molecule has 144 valence electrons. The number of carbonyl (C=O) groups excluding carboxylic acids is 2. The van der Waals surface area contributed by atoms with Crippen molar-refractivity contribution in [3.8, 4) is 0 Å². The third-order valence-corrected chi connectivity index (χ3v) is 5.27. The van der Waals surface area contributed by atoms with Crippen molar-refractivity contribution in [3.05, 3.63) is 59.7 Å². The smallest absolute Gasteiger partial charge is 0.338 e. The summed E-state index contributed by atoms with van der Waals surface area (Å²) in [5, 5.41) is 2.66. The molecule has 1 amide bonds. The highest BCUT2D eigenvalue weighted by atomic mass is 32.2. The number of carbonyl (C=O) groups is 2.